The van der Waals surface area contributed by atoms with Gasteiger partial charge >= 0.3 is 0 Å². The SMILES string of the molecule is C[C@H]1CC=CC2=C1C1C=CC=CC1N2c1cccc2c(C3C=CC(C(c4ccccc4)(c4ccccc4)c4ccccc4)=CC3)cccc12. The van der Waals surface area contributed by atoms with Crippen molar-refractivity contribution < 1.29 is 0 Å². The Morgan fingerprint density at radius 3 is 1.88 bits per heavy atom. The Kier molecular flexibility index (Phi) is 7.42. The molecule has 0 aromatic heterocycles. The standard InChI is InChI=1S/C48H41N/c1-34-16-13-29-46-47(34)43-23-11-12-27-45(43)49(46)44-28-15-25-41-40(24-14-26-42(41)44)35-30-32-39(33-31-35)48(36-17-5-2-6-18-36,37-19-7-3-8-20-37)38-21-9-4-10-22-38/h2-15,17-30,32-35,43,45H,16,31H2,1H3/t34-,35?,43?,45?/m0/s1. The highest BCUT2D eigenvalue weighted by molar-refractivity contribution is 5.98. The maximum absolute atomic E-state index is 2.63. The van der Waals surface area contributed by atoms with Gasteiger partial charge in [-0.15, -0.1) is 0 Å². The highest BCUT2D eigenvalue weighted by Gasteiger charge is 2.42. The zero-order chi connectivity index (χ0) is 32.8. The maximum Gasteiger partial charge on any atom is 0.0698 e. The molecule has 0 radical (unpaired) electrons. The lowest BCUT2D eigenvalue weighted by molar-refractivity contribution is 0.581. The molecule has 0 spiro atoms. The quantitative estimate of drug-likeness (QED) is 0.169. The second-order valence-electron chi connectivity index (χ2n) is 14.0. The average Bonchev–Trinajstić information content (AvgIpc) is 3.51. The molecule has 4 atom stereocenters. The number of allylic oxidation sites excluding steroid dienone is 8. The molecule has 9 rings (SSSR count). The van der Waals surface area contributed by atoms with Crippen LogP contribution in [-0.2, 0) is 5.41 Å². The molecule has 4 aliphatic rings. The highest BCUT2D eigenvalue weighted by atomic mass is 15.2. The fourth-order valence-electron chi connectivity index (χ4n) is 9.20. The van der Waals surface area contributed by atoms with Crippen molar-refractivity contribution in [2.75, 3.05) is 4.90 Å². The molecule has 1 heterocycles. The van der Waals surface area contributed by atoms with Gasteiger partial charge in [0.25, 0.3) is 0 Å². The number of fused-ring (bicyclic) bond motifs is 3. The lowest BCUT2D eigenvalue weighted by Gasteiger charge is -2.39. The molecule has 3 unspecified atom stereocenters. The Labute approximate surface area is 290 Å². The summed E-state index contributed by atoms with van der Waals surface area (Å²) in [6, 6.07) is 47.3. The van der Waals surface area contributed by atoms with E-state index in [-0.39, 0.29) is 5.92 Å². The molecule has 1 nitrogen and oxygen atoms in total. The number of rotatable bonds is 6. The first-order valence-corrected chi connectivity index (χ1v) is 17.9. The molecule has 49 heavy (non-hydrogen) atoms. The van der Waals surface area contributed by atoms with Gasteiger partial charge in [-0.2, -0.15) is 0 Å². The van der Waals surface area contributed by atoms with Gasteiger partial charge in [0.05, 0.1) is 11.5 Å². The topological polar surface area (TPSA) is 3.24 Å². The Morgan fingerprint density at radius 2 is 1.22 bits per heavy atom. The van der Waals surface area contributed by atoms with Crippen molar-refractivity contribution in [2.45, 2.75) is 37.1 Å². The van der Waals surface area contributed by atoms with E-state index in [1.807, 2.05) is 0 Å². The van der Waals surface area contributed by atoms with E-state index < -0.39 is 5.41 Å². The number of nitrogens with zero attached hydrogens (tertiary/aromatic N) is 1. The van der Waals surface area contributed by atoms with Gasteiger partial charge in [-0.25, -0.2) is 0 Å². The third kappa shape index (κ3) is 4.75. The van der Waals surface area contributed by atoms with Crippen LogP contribution >= 0.6 is 0 Å². The van der Waals surface area contributed by atoms with Crippen LogP contribution < -0.4 is 4.90 Å². The van der Waals surface area contributed by atoms with Crippen molar-refractivity contribution in [1.29, 1.82) is 0 Å². The van der Waals surface area contributed by atoms with E-state index in [2.05, 4.69) is 194 Å². The molecule has 0 bridgehead atoms. The van der Waals surface area contributed by atoms with Crippen LogP contribution in [0.25, 0.3) is 10.8 Å². The van der Waals surface area contributed by atoms with Crippen LogP contribution in [0.15, 0.2) is 199 Å². The molecule has 0 fully saturated rings. The molecule has 1 heteroatoms. The first-order chi connectivity index (χ1) is 24.2. The Hall–Kier alpha value is -5.40. The molecule has 1 aliphatic heterocycles. The zero-order valence-electron chi connectivity index (χ0n) is 28.0. The predicted molar refractivity (Wildman–Crippen MR) is 206 cm³/mol. The summed E-state index contributed by atoms with van der Waals surface area (Å²) in [7, 11) is 0. The minimum Gasteiger partial charge on any atom is -0.333 e. The zero-order valence-corrected chi connectivity index (χ0v) is 28.0. The summed E-state index contributed by atoms with van der Waals surface area (Å²) >= 11 is 0. The summed E-state index contributed by atoms with van der Waals surface area (Å²) in [6.07, 6.45) is 23.5. The van der Waals surface area contributed by atoms with Crippen LogP contribution in [0, 0.1) is 11.8 Å². The summed E-state index contributed by atoms with van der Waals surface area (Å²) in [5.41, 5.74) is 10.5. The fraction of sp³-hybridized carbons (Fsp3) is 0.167. The Morgan fingerprint density at radius 1 is 0.592 bits per heavy atom. The van der Waals surface area contributed by atoms with E-state index >= 15 is 0 Å². The van der Waals surface area contributed by atoms with Crippen LogP contribution in [0.1, 0.15) is 47.9 Å². The van der Waals surface area contributed by atoms with Gasteiger partial charge in [0, 0.05) is 28.6 Å². The average molecular weight is 632 g/mol. The smallest absolute Gasteiger partial charge is 0.0698 e. The highest BCUT2D eigenvalue weighted by Crippen LogP contribution is 2.50. The second-order valence-corrected chi connectivity index (χ2v) is 14.0. The third-order valence-electron chi connectivity index (χ3n) is 11.4. The van der Waals surface area contributed by atoms with Gasteiger partial charge in [-0.3, -0.25) is 0 Å². The Balaban J connectivity index is 1.13. The minimum absolute atomic E-state index is 0.288. The Bertz CT molecular complexity index is 2100. The number of benzene rings is 5. The number of anilines is 1. The molecule has 3 aliphatic carbocycles. The number of hydrogen-bond acceptors (Lipinski definition) is 1. The second kappa shape index (κ2) is 12.2. The summed E-state index contributed by atoms with van der Waals surface area (Å²) in [5.74, 6) is 1.28. The van der Waals surface area contributed by atoms with E-state index in [0.29, 0.717) is 17.9 Å². The van der Waals surface area contributed by atoms with Crippen LogP contribution in [0.4, 0.5) is 5.69 Å². The van der Waals surface area contributed by atoms with Crippen molar-refractivity contribution in [1.82, 2.24) is 0 Å². The molecule has 0 N–H and O–H groups in total. The van der Waals surface area contributed by atoms with Gasteiger partial charge in [-0.05, 0) is 69.7 Å². The lowest BCUT2D eigenvalue weighted by atomic mass is 9.63. The van der Waals surface area contributed by atoms with Gasteiger partial charge in [0.1, 0.15) is 0 Å². The third-order valence-corrected chi connectivity index (χ3v) is 11.4. The van der Waals surface area contributed by atoms with Gasteiger partial charge < -0.3 is 4.90 Å². The molecular formula is C48H41N. The van der Waals surface area contributed by atoms with Crippen molar-refractivity contribution in [3.05, 3.63) is 221 Å². The molecule has 0 amide bonds. The summed E-state index contributed by atoms with van der Waals surface area (Å²) < 4.78 is 0. The number of hydrogen-bond donors (Lipinski definition) is 0. The lowest BCUT2D eigenvalue weighted by Crippen LogP contribution is -2.32. The van der Waals surface area contributed by atoms with Crippen molar-refractivity contribution in [3.8, 4) is 0 Å². The van der Waals surface area contributed by atoms with Crippen LogP contribution in [0.2, 0.25) is 0 Å². The monoisotopic (exact) mass is 631 g/mol. The van der Waals surface area contributed by atoms with Gasteiger partial charge in [0.2, 0.25) is 0 Å². The fourth-order valence-corrected chi connectivity index (χ4v) is 9.20. The first-order valence-electron chi connectivity index (χ1n) is 17.9. The van der Waals surface area contributed by atoms with Crippen molar-refractivity contribution >= 4 is 16.5 Å². The molecule has 0 saturated carbocycles. The maximum atomic E-state index is 2.63. The van der Waals surface area contributed by atoms with Crippen LogP contribution in [-0.4, -0.2) is 6.04 Å². The molecule has 5 aromatic carbocycles. The van der Waals surface area contributed by atoms with E-state index in [4.69, 9.17) is 0 Å². The van der Waals surface area contributed by atoms with E-state index in [9.17, 15) is 0 Å². The van der Waals surface area contributed by atoms with Gasteiger partial charge in [-0.1, -0.05) is 177 Å². The largest absolute Gasteiger partial charge is 0.333 e. The summed E-state index contributed by atoms with van der Waals surface area (Å²) in [6.45, 7) is 2.39. The van der Waals surface area contributed by atoms with Crippen molar-refractivity contribution in [2.24, 2.45) is 11.8 Å². The van der Waals surface area contributed by atoms with Gasteiger partial charge in [0.15, 0.2) is 0 Å². The van der Waals surface area contributed by atoms with E-state index in [1.54, 1.807) is 5.57 Å². The van der Waals surface area contributed by atoms with E-state index in [1.165, 1.54) is 50.0 Å². The normalized spacial score (nSPS) is 22.7. The minimum atomic E-state index is -0.415. The molecule has 238 valence electrons. The molecule has 5 aromatic rings. The molecule has 0 saturated heterocycles. The van der Waals surface area contributed by atoms with Crippen molar-refractivity contribution in [3.63, 3.8) is 0 Å². The van der Waals surface area contributed by atoms with E-state index in [0.717, 1.165) is 12.8 Å². The van der Waals surface area contributed by atoms with Crippen LogP contribution in [0.5, 0.6) is 0 Å². The molecular weight excluding hydrogens is 591 g/mol. The first kappa shape index (κ1) is 29.7. The van der Waals surface area contributed by atoms with Crippen LogP contribution in [0.3, 0.4) is 0 Å². The summed E-state index contributed by atoms with van der Waals surface area (Å²) in [5, 5.41) is 2.68. The predicted octanol–water partition coefficient (Wildman–Crippen LogP) is 11.6. The summed E-state index contributed by atoms with van der Waals surface area (Å²) in [4.78, 5) is 2.63.